The number of nitrogens with zero attached hydrogens (tertiary/aromatic N) is 1. The highest BCUT2D eigenvalue weighted by atomic mass is 79.9. The second kappa shape index (κ2) is 7.33. The van der Waals surface area contributed by atoms with E-state index in [2.05, 4.69) is 21.2 Å². The van der Waals surface area contributed by atoms with Crippen LogP contribution in [0.1, 0.15) is 25.5 Å². The minimum atomic E-state index is -0.364. The van der Waals surface area contributed by atoms with Gasteiger partial charge in [0.2, 0.25) is 5.91 Å². The number of amides is 1. The van der Waals surface area contributed by atoms with Crippen LogP contribution in [-0.2, 0) is 9.53 Å². The van der Waals surface area contributed by atoms with Crippen LogP contribution in [0.2, 0.25) is 0 Å². The molecular weight excluding hydrogens is 339 g/mol. The smallest absolute Gasteiger partial charge is 0.239 e. The van der Waals surface area contributed by atoms with E-state index in [9.17, 15) is 9.18 Å². The van der Waals surface area contributed by atoms with Crippen molar-refractivity contribution in [3.63, 3.8) is 0 Å². The maximum Gasteiger partial charge on any atom is 0.239 e. The van der Waals surface area contributed by atoms with Crippen LogP contribution in [0, 0.1) is 5.82 Å². The molecule has 1 N–H and O–H groups in total. The van der Waals surface area contributed by atoms with Crippen LogP contribution >= 0.6 is 15.9 Å². The van der Waals surface area contributed by atoms with Gasteiger partial charge in [-0.2, -0.15) is 0 Å². The fourth-order valence-electron chi connectivity index (χ4n) is 2.44. The Morgan fingerprint density at radius 1 is 1.38 bits per heavy atom. The van der Waals surface area contributed by atoms with Gasteiger partial charge in [-0.15, -0.1) is 0 Å². The quantitative estimate of drug-likeness (QED) is 0.898. The number of hydrogen-bond donors (Lipinski definition) is 1. The van der Waals surface area contributed by atoms with E-state index in [0.717, 1.165) is 4.47 Å². The molecule has 21 heavy (non-hydrogen) atoms. The van der Waals surface area contributed by atoms with Gasteiger partial charge in [0.25, 0.3) is 0 Å². The Morgan fingerprint density at radius 2 is 2.05 bits per heavy atom. The Labute approximate surface area is 132 Å². The molecule has 2 rings (SSSR count). The van der Waals surface area contributed by atoms with Crippen LogP contribution in [0.3, 0.4) is 0 Å². The molecule has 1 aromatic carbocycles. The Hall–Kier alpha value is -0.980. The van der Waals surface area contributed by atoms with Crippen molar-refractivity contribution in [1.82, 2.24) is 10.2 Å². The number of nitrogens with one attached hydrogen (secondary N) is 1. The van der Waals surface area contributed by atoms with Gasteiger partial charge in [0.1, 0.15) is 5.82 Å². The number of benzene rings is 1. The van der Waals surface area contributed by atoms with Crippen LogP contribution in [0.5, 0.6) is 0 Å². The van der Waals surface area contributed by atoms with E-state index in [4.69, 9.17) is 4.74 Å². The third-order valence-electron chi connectivity index (χ3n) is 3.62. The van der Waals surface area contributed by atoms with Crippen LogP contribution in [0.4, 0.5) is 4.39 Å². The zero-order chi connectivity index (χ0) is 15.4. The lowest BCUT2D eigenvalue weighted by Crippen LogP contribution is -2.49. The van der Waals surface area contributed by atoms with Crippen LogP contribution in [0.25, 0.3) is 0 Å². The third kappa shape index (κ3) is 4.25. The average Bonchev–Trinajstić information content (AvgIpc) is 2.49. The van der Waals surface area contributed by atoms with E-state index in [1.54, 1.807) is 17.0 Å². The normalized spacial score (nSPS) is 18.4. The molecule has 1 amide bonds. The molecular formula is C15H20BrFN2O2. The van der Waals surface area contributed by atoms with E-state index in [1.165, 1.54) is 6.07 Å². The maximum atomic E-state index is 13.9. The minimum Gasteiger partial charge on any atom is -0.378 e. The van der Waals surface area contributed by atoms with Crippen molar-refractivity contribution in [3.8, 4) is 0 Å². The zero-order valence-corrected chi connectivity index (χ0v) is 13.8. The monoisotopic (exact) mass is 358 g/mol. The molecule has 0 saturated carbocycles. The van der Waals surface area contributed by atoms with Gasteiger partial charge in [0.15, 0.2) is 0 Å². The largest absolute Gasteiger partial charge is 0.378 e. The second-order valence-corrected chi connectivity index (χ2v) is 6.13. The van der Waals surface area contributed by atoms with Crippen molar-refractivity contribution in [1.29, 1.82) is 0 Å². The number of ether oxygens (including phenoxy) is 1. The predicted molar refractivity (Wildman–Crippen MR) is 82.5 cm³/mol. The molecule has 0 bridgehead atoms. The fraction of sp³-hybridized carbons (Fsp3) is 0.533. The average molecular weight is 359 g/mol. The molecule has 0 aliphatic carbocycles. The first-order chi connectivity index (χ1) is 9.99. The number of carbonyl (C=O) groups excluding carboxylic acids is 1. The summed E-state index contributed by atoms with van der Waals surface area (Å²) in [5.41, 5.74) is 0.547. The molecule has 1 heterocycles. The molecule has 1 aliphatic heterocycles. The van der Waals surface area contributed by atoms with Crippen LogP contribution in [-0.4, -0.2) is 43.2 Å². The van der Waals surface area contributed by atoms with Gasteiger partial charge in [-0.05, 0) is 32.0 Å². The zero-order valence-electron chi connectivity index (χ0n) is 12.2. The standard InChI is InChI=1S/C15H20BrFN2O2/c1-10(13-9-12(16)3-4-14(13)17)18-11(2)15(20)19-5-7-21-8-6-19/h3-4,9-11,18H,5-8H2,1-2H3. The van der Waals surface area contributed by atoms with E-state index in [0.29, 0.717) is 31.9 Å². The molecule has 4 nitrogen and oxygen atoms in total. The van der Waals surface area contributed by atoms with Gasteiger partial charge in [0, 0.05) is 29.2 Å². The molecule has 0 aromatic heterocycles. The fourth-order valence-corrected chi connectivity index (χ4v) is 2.82. The first-order valence-electron chi connectivity index (χ1n) is 7.06. The Morgan fingerprint density at radius 3 is 2.71 bits per heavy atom. The van der Waals surface area contributed by atoms with Crippen molar-refractivity contribution in [2.75, 3.05) is 26.3 Å². The highest BCUT2D eigenvalue weighted by Crippen LogP contribution is 2.22. The van der Waals surface area contributed by atoms with E-state index < -0.39 is 0 Å². The van der Waals surface area contributed by atoms with Crippen molar-refractivity contribution in [2.24, 2.45) is 0 Å². The molecule has 2 atom stereocenters. The summed E-state index contributed by atoms with van der Waals surface area (Å²) in [7, 11) is 0. The lowest BCUT2D eigenvalue weighted by atomic mass is 10.1. The molecule has 116 valence electrons. The molecule has 2 unspecified atom stereocenters. The third-order valence-corrected chi connectivity index (χ3v) is 4.11. The first kappa shape index (κ1) is 16.4. The lowest BCUT2D eigenvalue weighted by Gasteiger charge is -2.30. The SMILES string of the molecule is CC(NC(C)c1cc(Br)ccc1F)C(=O)N1CCOCC1. The summed E-state index contributed by atoms with van der Waals surface area (Å²) in [6, 6.07) is 4.21. The van der Waals surface area contributed by atoms with Gasteiger partial charge in [-0.3, -0.25) is 10.1 Å². The number of halogens is 2. The molecule has 1 aliphatic rings. The van der Waals surface area contributed by atoms with E-state index in [1.807, 2.05) is 13.8 Å². The molecule has 1 aromatic rings. The van der Waals surface area contributed by atoms with Gasteiger partial charge in [-0.1, -0.05) is 15.9 Å². The highest BCUT2D eigenvalue weighted by Gasteiger charge is 2.24. The van der Waals surface area contributed by atoms with Gasteiger partial charge >= 0.3 is 0 Å². The van der Waals surface area contributed by atoms with Gasteiger partial charge in [-0.25, -0.2) is 4.39 Å². The van der Waals surface area contributed by atoms with Gasteiger partial charge in [0.05, 0.1) is 19.3 Å². The summed E-state index contributed by atoms with van der Waals surface area (Å²) >= 11 is 3.34. The van der Waals surface area contributed by atoms with E-state index in [-0.39, 0.29) is 23.8 Å². The summed E-state index contributed by atoms with van der Waals surface area (Å²) in [6.45, 7) is 6.05. The van der Waals surface area contributed by atoms with Crippen molar-refractivity contribution in [3.05, 3.63) is 34.1 Å². The highest BCUT2D eigenvalue weighted by molar-refractivity contribution is 9.10. The summed E-state index contributed by atoms with van der Waals surface area (Å²) in [4.78, 5) is 14.1. The topological polar surface area (TPSA) is 41.6 Å². The summed E-state index contributed by atoms with van der Waals surface area (Å²) in [6.07, 6.45) is 0. The molecule has 1 saturated heterocycles. The molecule has 1 fully saturated rings. The molecule has 0 spiro atoms. The summed E-state index contributed by atoms with van der Waals surface area (Å²) in [5, 5.41) is 3.17. The van der Waals surface area contributed by atoms with Crippen LogP contribution in [0.15, 0.2) is 22.7 Å². The maximum absolute atomic E-state index is 13.9. The Balaban J connectivity index is 1.99. The van der Waals surface area contributed by atoms with Crippen LogP contribution < -0.4 is 5.32 Å². The number of rotatable bonds is 4. The first-order valence-corrected chi connectivity index (χ1v) is 7.86. The number of hydrogen-bond acceptors (Lipinski definition) is 3. The second-order valence-electron chi connectivity index (χ2n) is 5.21. The van der Waals surface area contributed by atoms with Gasteiger partial charge < -0.3 is 9.64 Å². The van der Waals surface area contributed by atoms with E-state index >= 15 is 0 Å². The van der Waals surface area contributed by atoms with Crippen molar-refractivity contribution >= 4 is 21.8 Å². The minimum absolute atomic E-state index is 0.0283. The molecule has 6 heteroatoms. The predicted octanol–water partition coefficient (Wildman–Crippen LogP) is 2.49. The van der Waals surface area contributed by atoms with Crippen molar-refractivity contribution in [2.45, 2.75) is 25.9 Å². The lowest BCUT2D eigenvalue weighted by molar-refractivity contribution is -0.137. The summed E-state index contributed by atoms with van der Waals surface area (Å²) < 4.78 is 19.9. The molecule has 0 radical (unpaired) electrons. The number of carbonyl (C=O) groups is 1. The Bertz CT molecular complexity index is 506. The van der Waals surface area contributed by atoms with Crippen molar-refractivity contribution < 1.29 is 13.9 Å². The summed E-state index contributed by atoms with van der Waals surface area (Å²) in [5.74, 6) is -0.246. The number of morpholine rings is 1. The Kier molecular flexibility index (Phi) is 5.72.